The Balaban J connectivity index is 1.81. The van der Waals surface area contributed by atoms with Crippen molar-refractivity contribution in [3.8, 4) is 5.75 Å². The fourth-order valence-corrected chi connectivity index (χ4v) is 4.22. The second kappa shape index (κ2) is 7.84. The molecular formula is C18H16N2O4S2. The smallest absolute Gasteiger partial charge is 0.348 e. The molecule has 0 aliphatic carbocycles. The third-order valence-corrected chi connectivity index (χ3v) is 5.68. The minimum atomic E-state index is -0.439. The number of fused-ring (bicyclic) bond motifs is 1. The van der Waals surface area contributed by atoms with Crippen LogP contribution in [0.4, 0.5) is 0 Å². The third-order valence-electron chi connectivity index (χ3n) is 3.59. The Morgan fingerprint density at radius 2 is 1.88 bits per heavy atom. The highest BCUT2D eigenvalue weighted by Crippen LogP contribution is 2.29. The first-order valence-corrected chi connectivity index (χ1v) is 9.48. The molecule has 2 heterocycles. The predicted molar refractivity (Wildman–Crippen MR) is 102 cm³/mol. The molecule has 0 aliphatic rings. The van der Waals surface area contributed by atoms with E-state index < -0.39 is 5.97 Å². The van der Waals surface area contributed by atoms with Crippen LogP contribution in [0.3, 0.4) is 0 Å². The lowest BCUT2D eigenvalue weighted by Crippen LogP contribution is -2.01. The standard InChI is InChI=1S/C18H16N2O4S2/c1-10-19-13-5-4-11(23-2)8-12(13)17(20-10)25-9-14(21)15-6-7-16(26-15)18(22)24-3/h4-8H,9H2,1-3H3. The lowest BCUT2D eigenvalue weighted by molar-refractivity contribution is 0.0606. The van der Waals surface area contributed by atoms with Gasteiger partial charge in [-0.05, 0) is 37.3 Å². The monoisotopic (exact) mass is 388 g/mol. The molecular weight excluding hydrogens is 372 g/mol. The molecule has 0 saturated carbocycles. The topological polar surface area (TPSA) is 78.4 Å². The molecule has 26 heavy (non-hydrogen) atoms. The molecule has 0 bridgehead atoms. The van der Waals surface area contributed by atoms with E-state index in [-0.39, 0.29) is 11.5 Å². The number of rotatable bonds is 6. The van der Waals surface area contributed by atoms with Gasteiger partial charge in [0.15, 0.2) is 5.78 Å². The van der Waals surface area contributed by atoms with Crippen LogP contribution in [0.2, 0.25) is 0 Å². The highest BCUT2D eigenvalue weighted by molar-refractivity contribution is 8.00. The Hall–Kier alpha value is -2.45. The molecule has 0 saturated heterocycles. The van der Waals surface area contributed by atoms with Gasteiger partial charge in [-0.15, -0.1) is 11.3 Å². The fraction of sp³-hybridized carbons (Fsp3) is 0.222. The van der Waals surface area contributed by atoms with Crippen LogP contribution in [-0.4, -0.2) is 41.7 Å². The van der Waals surface area contributed by atoms with Gasteiger partial charge in [0.05, 0.1) is 30.4 Å². The number of ether oxygens (including phenoxy) is 2. The van der Waals surface area contributed by atoms with Gasteiger partial charge in [0.2, 0.25) is 0 Å². The SMILES string of the molecule is COC(=O)c1ccc(C(=O)CSc2nc(C)nc3ccc(OC)cc23)s1. The quantitative estimate of drug-likeness (QED) is 0.275. The van der Waals surface area contributed by atoms with E-state index in [1.165, 1.54) is 18.9 Å². The zero-order valence-corrected chi connectivity index (χ0v) is 16.1. The molecule has 0 amide bonds. The lowest BCUT2D eigenvalue weighted by Gasteiger charge is -2.08. The van der Waals surface area contributed by atoms with Crippen molar-refractivity contribution in [2.75, 3.05) is 20.0 Å². The third kappa shape index (κ3) is 3.86. The summed E-state index contributed by atoms with van der Waals surface area (Å²) in [4.78, 5) is 33.8. The summed E-state index contributed by atoms with van der Waals surface area (Å²) in [7, 11) is 2.92. The van der Waals surface area contributed by atoms with E-state index in [1.807, 2.05) is 25.1 Å². The number of carbonyl (C=O) groups excluding carboxylic acids is 2. The summed E-state index contributed by atoms with van der Waals surface area (Å²) in [6, 6.07) is 8.82. The average Bonchev–Trinajstić information content (AvgIpc) is 3.15. The van der Waals surface area contributed by atoms with Gasteiger partial charge < -0.3 is 9.47 Å². The van der Waals surface area contributed by atoms with E-state index in [9.17, 15) is 9.59 Å². The molecule has 0 N–H and O–H groups in total. The van der Waals surface area contributed by atoms with Crippen LogP contribution in [-0.2, 0) is 4.74 Å². The molecule has 0 aliphatic heterocycles. The van der Waals surface area contributed by atoms with Crippen LogP contribution >= 0.6 is 23.1 Å². The first-order chi connectivity index (χ1) is 12.5. The number of nitrogens with zero attached hydrogens (tertiary/aromatic N) is 2. The summed E-state index contributed by atoms with van der Waals surface area (Å²) >= 11 is 2.48. The van der Waals surface area contributed by atoms with Crippen molar-refractivity contribution in [3.63, 3.8) is 0 Å². The molecule has 134 valence electrons. The van der Waals surface area contributed by atoms with Gasteiger partial charge >= 0.3 is 5.97 Å². The molecule has 6 nitrogen and oxygen atoms in total. The van der Waals surface area contributed by atoms with Crippen LogP contribution in [0, 0.1) is 6.92 Å². The Bertz CT molecular complexity index is 984. The predicted octanol–water partition coefficient (Wildman–Crippen LogP) is 3.77. The van der Waals surface area contributed by atoms with Crippen molar-refractivity contribution >= 4 is 45.8 Å². The Morgan fingerprint density at radius 3 is 2.62 bits per heavy atom. The molecule has 1 aromatic carbocycles. The first-order valence-electron chi connectivity index (χ1n) is 7.68. The van der Waals surface area contributed by atoms with Gasteiger partial charge in [-0.2, -0.15) is 0 Å². The van der Waals surface area contributed by atoms with Gasteiger partial charge in [-0.1, -0.05) is 11.8 Å². The number of Topliss-reactive ketones (excluding diaryl/α,β-unsaturated/α-hetero) is 1. The van der Waals surface area contributed by atoms with Crippen molar-refractivity contribution in [1.29, 1.82) is 0 Å². The zero-order chi connectivity index (χ0) is 18.7. The fourth-order valence-electron chi connectivity index (χ4n) is 2.33. The van der Waals surface area contributed by atoms with E-state index in [1.54, 1.807) is 19.2 Å². The number of benzene rings is 1. The van der Waals surface area contributed by atoms with E-state index >= 15 is 0 Å². The van der Waals surface area contributed by atoms with Gasteiger partial charge in [0.1, 0.15) is 21.5 Å². The van der Waals surface area contributed by atoms with E-state index in [4.69, 9.17) is 4.74 Å². The second-order valence-electron chi connectivity index (χ2n) is 5.33. The number of carbonyl (C=O) groups is 2. The molecule has 0 atom stereocenters. The molecule has 8 heteroatoms. The summed E-state index contributed by atoms with van der Waals surface area (Å²) in [6.07, 6.45) is 0. The minimum absolute atomic E-state index is 0.0672. The molecule has 2 aromatic heterocycles. The number of thiophene rings is 1. The van der Waals surface area contributed by atoms with Crippen LogP contribution in [0.5, 0.6) is 5.75 Å². The molecule has 0 unspecified atom stereocenters. The summed E-state index contributed by atoms with van der Waals surface area (Å²) in [6.45, 7) is 1.82. The van der Waals surface area contributed by atoms with Crippen molar-refractivity contribution in [2.24, 2.45) is 0 Å². The maximum absolute atomic E-state index is 12.5. The van der Waals surface area contributed by atoms with Crippen molar-refractivity contribution in [2.45, 2.75) is 11.9 Å². The normalized spacial score (nSPS) is 10.7. The van der Waals surface area contributed by atoms with Crippen molar-refractivity contribution in [3.05, 3.63) is 45.9 Å². The maximum Gasteiger partial charge on any atom is 0.348 e. The average molecular weight is 388 g/mol. The first kappa shape index (κ1) is 18.3. The number of aromatic nitrogens is 2. The summed E-state index contributed by atoms with van der Waals surface area (Å²) in [5.41, 5.74) is 0.803. The van der Waals surface area contributed by atoms with Crippen molar-refractivity contribution < 1.29 is 19.1 Å². The molecule has 0 fully saturated rings. The summed E-state index contributed by atoms with van der Waals surface area (Å²) < 4.78 is 9.93. The number of ketones is 1. The van der Waals surface area contributed by atoms with Crippen LogP contribution in [0.1, 0.15) is 25.2 Å². The lowest BCUT2D eigenvalue weighted by atomic mass is 10.2. The van der Waals surface area contributed by atoms with Gasteiger partial charge in [-0.3, -0.25) is 4.79 Å². The van der Waals surface area contributed by atoms with E-state index in [2.05, 4.69) is 14.7 Å². The number of esters is 1. The van der Waals surface area contributed by atoms with Crippen LogP contribution < -0.4 is 4.74 Å². The Kier molecular flexibility index (Phi) is 5.53. The molecule has 3 aromatic rings. The molecule has 3 rings (SSSR count). The highest BCUT2D eigenvalue weighted by atomic mass is 32.2. The highest BCUT2D eigenvalue weighted by Gasteiger charge is 2.16. The number of methoxy groups -OCH3 is 2. The Labute approximate surface area is 158 Å². The van der Waals surface area contributed by atoms with E-state index in [0.717, 1.165) is 27.3 Å². The molecule has 0 spiro atoms. The number of hydrogen-bond acceptors (Lipinski definition) is 8. The molecule has 0 radical (unpaired) electrons. The summed E-state index contributed by atoms with van der Waals surface area (Å²) in [5.74, 6) is 1.05. The number of thioether (sulfide) groups is 1. The second-order valence-corrected chi connectivity index (χ2v) is 7.37. The summed E-state index contributed by atoms with van der Waals surface area (Å²) in [5, 5.41) is 1.57. The maximum atomic E-state index is 12.5. The van der Waals surface area contributed by atoms with E-state index in [0.29, 0.717) is 21.3 Å². The minimum Gasteiger partial charge on any atom is -0.497 e. The largest absolute Gasteiger partial charge is 0.497 e. The van der Waals surface area contributed by atoms with Crippen LogP contribution in [0.15, 0.2) is 35.4 Å². The van der Waals surface area contributed by atoms with Gasteiger partial charge in [-0.25, -0.2) is 14.8 Å². The Morgan fingerprint density at radius 1 is 1.12 bits per heavy atom. The van der Waals surface area contributed by atoms with Gasteiger partial charge in [0, 0.05) is 5.39 Å². The van der Waals surface area contributed by atoms with Gasteiger partial charge in [0.25, 0.3) is 0 Å². The van der Waals surface area contributed by atoms with Crippen LogP contribution in [0.25, 0.3) is 10.9 Å². The number of hydrogen-bond donors (Lipinski definition) is 0. The van der Waals surface area contributed by atoms with Crippen molar-refractivity contribution in [1.82, 2.24) is 9.97 Å². The number of aryl methyl sites for hydroxylation is 1. The zero-order valence-electron chi connectivity index (χ0n) is 14.4.